The normalized spacial score (nSPS) is 12.4. The summed E-state index contributed by atoms with van der Waals surface area (Å²) in [6.45, 7) is 6.72. The van der Waals surface area contributed by atoms with Gasteiger partial charge in [0.05, 0.1) is 25.8 Å². The standard InChI is InChI=1S/C29H39N5O5.BrH/c1-29(2,3)21-11-17(13-24(38-7)26(21)39-10-8-9-25(30)36)23(35)16-34-15-18-12-22(33(5)6)20(28(37)32-4)14-19(18)27(34)31;/h11-14,31H,8-10,15-16H2,1-7H3,(H2,30,36)(H,32,37);1H. The van der Waals surface area contributed by atoms with E-state index in [1.54, 1.807) is 24.1 Å². The summed E-state index contributed by atoms with van der Waals surface area (Å²) in [7, 11) is 6.82. The summed E-state index contributed by atoms with van der Waals surface area (Å²) in [6, 6.07) is 7.10. The van der Waals surface area contributed by atoms with Crippen LogP contribution in [0.1, 0.15) is 71.0 Å². The van der Waals surface area contributed by atoms with Crippen LogP contribution in [-0.2, 0) is 16.8 Å². The number of hydrogen-bond acceptors (Lipinski definition) is 7. The van der Waals surface area contributed by atoms with Crippen molar-refractivity contribution in [3.63, 3.8) is 0 Å². The third kappa shape index (κ3) is 7.12. The number of anilines is 1. The molecule has 0 unspecified atom stereocenters. The van der Waals surface area contributed by atoms with E-state index in [2.05, 4.69) is 5.32 Å². The number of amidine groups is 1. The Hall–Kier alpha value is -3.60. The third-order valence-corrected chi connectivity index (χ3v) is 6.66. The average molecular weight is 619 g/mol. The lowest BCUT2D eigenvalue weighted by molar-refractivity contribution is -0.118. The number of nitrogens with two attached hydrogens (primary N) is 1. The molecule has 0 saturated carbocycles. The third-order valence-electron chi connectivity index (χ3n) is 6.66. The highest BCUT2D eigenvalue weighted by atomic mass is 79.9. The fourth-order valence-corrected chi connectivity index (χ4v) is 4.57. The van der Waals surface area contributed by atoms with Gasteiger partial charge in [0.25, 0.3) is 5.91 Å². The van der Waals surface area contributed by atoms with Gasteiger partial charge in [-0.05, 0) is 41.7 Å². The molecule has 0 aromatic heterocycles. The lowest BCUT2D eigenvalue weighted by Crippen LogP contribution is -2.30. The maximum Gasteiger partial charge on any atom is 0.253 e. The first-order valence-corrected chi connectivity index (χ1v) is 12.9. The molecule has 2 amide bonds. The van der Waals surface area contributed by atoms with Crippen molar-refractivity contribution in [3.8, 4) is 11.5 Å². The van der Waals surface area contributed by atoms with Crippen molar-refractivity contribution in [1.82, 2.24) is 10.2 Å². The van der Waals surface area contributed by atoms with Gasteiger partial charge < -0.3 is 30.3 Å². The van der Waals surface area contributed by atoms with Gasteiger partial charge in [-0.15, -0.1) is 17.0 Å². The van der Waals surface area contributed by atoms with Gasteiger partial charge in [0.1, 0.15) is 5.84 Å². The Kier molecular flexibility index (Phi) is 10.7. The topological polar surface area (TPSA) is 138 Å². The smallest absolute Gasteiger partial charge is 0.253 e. The number of Topliss-reactive ketones (excluding diaryl/α,β-unsaturated/α-hetero) is 1. The molecule has 0 aliphatic carbocycles. The first kappa shape index (κ1) is 32.6. The molecule has 0 saturated heterocycles. The number of rotatable bonds is 11. The molecule has 0 bridgehead atoms. The second kappa shape index (κ2) is 13.2. The minimum Gasteiger partial charge on any atom is -0.493 e. The van der Waals surface area contributed by atoms with Crippen LogP contribution in [0.25, 0.3) is 0 Å². The number of benzene rings is 2. The first-order valence-electron chi connectivity index (χ1n) is 12.9. The fourth-order valence-electron chi connectivity index (χ4n) is 4.57. The van der Waals surface area contributed by atoms with Gasteiger partial charge in [-0.25, -0.2) is 0 Å². The maximum atomic E-state index is 13.5. The van der Waals surface area contributed by atoms with Crippen molar-refractivity contribution in [3.05, 3.63) is 52.1 Å². The Morgan fingerprint density at radius 2 is 1.82 bits per heavy atom. The Morgan fingerprint density at radius 3 is 2.38 bits per heavy atom. The predicted molar refractivity (Wildman–Crippen MR) is 162 cm³/mol. The summed E-state index contributed by atoms with van der Waals surface area (Å²) in [5.41, 5.74) is 8.88. The SMILES string of the molecule is Br.CNC(=O)c1cc2c(cc1N(C)C)CN(CC(=O)c1cc(OC)c(OCCCC(N)=O)c(C(C)(C)C)c1)C2=N. The Bertz CT molecular complexity index is 1300. The summed E-state index contributed by atoms with van der Waals surface area (Å²) in [4.78, 5) is 40.7. The van der Waals surface area contributed by atoms with Crippen molar-refractivity contribution in [2.45, 2.75) is 45.6 Å². The highest BCUT2D eigenvalue weighted by Gasteiger charge is 2.30. The summed E-state index contributed by atoms with van der Waals surface area (Å²) >= 11 is 0. The van der Waals surface area contributed by atoms with Crippen LogP contribution in [0.5, 0.6) is 11.5 Å². The number of ether oxygens (including phenoxy) is 2. The van der Waals surface area contributed by atoms with Crippen molar-refractivity contribution in [2.75, 3.05) is 46.3 Å². The van der Waals surface area contributed by atoms with Gasteiger partial charge >= 0.3 is 0 Å². The van der Waals surface area contributed by atoms with Crippen LogP contribution in [0, 0.1) is 5.41 Å². The van der Waals surface area contributed by atoms with Crippen LogP contribution in [0.3, 0.4) is 0 Å². The number of carbonyl (C=O) groups excluding carboxylic acids is 3. The molecule has 218 valence electrons. The molecular weight excluding hydrogens is 578 g/mol. The lowest BCUT2D eigenvalue weighted by atomic mass is 9.84. The minimum absolute atomic E-state index is 0. The van der Waals surface area contributed by atoms with E-state index >= 15 is 0 Å². The number of nitrogens with one attached hydrogen (secondary N) is 2. The van der Waals surface area contributed by atoms with E-state index in [1.807, 2.05) is 51.9 Å². The number of amides is 2. The van der Waals surface area contributed by atoms with E-state index in [1.165, 1.54) is 7.11 Å². The number of methoxy groups -OCH3 is 1. The number of carbonyl (C=O) groups is 3. The molecule has 1 aliphatic rings. The molecular formula is C29H40BrN5O5. The van der Waals surface area contributed by atoms with Gasteiger partial charge in [0.2, 0.25) is 5.91 Å². The van der Waals surface area contributed by atoms with Crippen LogP contribution >= 0.6 is 17.0 Å². The highest BCUT2D eigenvalue weighted by molar-refractivity contribution is 8.93. The van der Waals surface area contributed by atoms with E-state index < -0.39 is 0 Å². The van der Waals surface area contributed by atoms with Crippen molar-refractivity contribution in [2.24, 2.45) is 5.73 Å². The van der Waals surface area contributed by atoms with Crippen LogP contribution in [0.4, 0.5) is 5.69 Å². The van der Waals surface area contributed by atoms with E-state index in [0.717, 1.165) is 16.8 Å². The van der Waals surface area contributed by atoms with Gasteiger partial charge in [0.15, 0.2) is 17.3 Å². The number of nitrogens with zero attached hydrogens (tertiary/aromatic N) is 2. The molecule has 0 radical (unpaired) electrons. The Morgan fingerprint density at radius 1 is 1.15 bits per heavy atom. The summed E-state index contributed by atoms with van der Waals surface area (Å²) in [6.07, 6.45) is 0.687. The lowest BCUT2D eigenvalue weighted by Gasteiger charge is -2.26. The molecule has 2 aromatic rings. The molecule has 1 heterocycles. The van der Waals surface area contributed by atoms with E-state index in [0.29, 0.717) is 41.2 Å². The number of ketones is 1. The molecule has 40 heavy (non-hydrogen) atoms. The number of fused-ring (bicyclic) bond motifs is 1. The van der Waals surface area contributed by atoms with Gasteiger partial charge in [0, 0.05) is 56.5 Å². The number of hydrogen-bond donors (Lipinski definition) is 3. The van der Waals surface area contributed by atoms with Crippen LogP contribution in [-0.4, -0.2) is 69.7 Å². The summed E-state index contributed by atoms with van der Waals surface area (Å²) in [5.74, 6) is 0.366. The molecule has 0 atom stereocenters. The average Bonchev–Trinajstić information content (AvgIpc) is 3.18. The van der Waals surface area contributed by atoms with Gasteiger partial charge in [-0.1, -0.05) is 20.8 Å². The highest BCUT2D eigenvalue weighted by Crippen LogP contribution is 2.40. The van der Waals surface area contributed by atoms with Crippen molar-refractivity contribution < 1.29 is 23.9 Å². The molecule has 3 rings (SSSR count). The zero-order valence-corrected chi connectivity index (χ0v) is 26.0. The van der Waals surface area contributed by atoms with Gasteiger partial charge in [-0.2, -0.15) is 0 Å². The molecule has 4 N–H and O–H groups in total. The van der Waals surface area contributed by atoms with Crippen molar-refractivity contribution >= 4 is 46.1 Å². The quantitative estimate of drug-likeness (QED) is 0.258. The molecule has 1 aliphatic heterocycles. The first-order chi connectivity index (χ1) is 18.3. The zero-order valence-electron chi connectivity index (χ0n) is 24.3. The number of primary amides is 1. The second-order valence-electron chi connectivity index (χ2n) is 10.9. The van der Waals surface area contributed by atoms with Gasteiger partial charge in [-0.3, -0.25) is 19.8 Å². The maximum absolute atomic E-state index is 13.5. The minimum atomic E-state index is -0.389. The molecule has 2 aromatic carbocycles. The largest absolute Gasteiger partial charge is 0.493 e. The monoisotopic (exact) mass is 617 g/mol. The molecule has 10 nitrogen and oxygen atoms in total. The van der Waals surface area contributed by atoms with Crippen molar-refractivity contribution in [1.29, 1.82) is 5.41 Å². The zero-order chi connectivity index (χ0) is 29.1. The summed E-state index contributed by atoms with van der Waals surface area (Å²) in [5, 5.41) is 11.4. The summed E-state index contributed by atoms with van der Waals surface area (Å²) < 4.78 is 11.6. The van der Waals surface area contributed by atoms with E-state index in [9.17, 15) is 14.4 Å². The predicted octanol–water partition coefficient (Wildman–Crippen LogP) is 3.66. The van der Waals surface area contributed by atoms with E-state index in [-0.39, 0.29) is 65.4 Å². The van der Waals surface area contributed by atoms with Crippen LogP contribution in [0.2, 0.25) is 0 Å². The number of halogens is 1. The molecule has 11 heteroatoms. The second-order valence-corrected chi connectivity index (χ2v) is 10.9. The fraction of sp³-hybridized carbons (Fsp3) is 0.448. The Labute approximate surface area is 246 Å². The Balaban J connectivity index is 0.00000560. The van der Waals surface area contributed by atoms with E-state index in [4.69, 9.17) is 20.6 Å². The van der Waals surface area contributed by atoms with Crippen LogP contribution < -0.4 is 25.4 Å². The molecule has 0 fully saturated rings. The van der Waals surface area contributed by atoms with Crippen LogP contribution in [0.15, 0.2) is 24.3 Å². The molecule has 0 spiro atoms.